The molecule has 112 valence electrons. The van der Waals surface area contributed by atoms with E-state index in [1.165, 1.54) is 58.2 Å². The summed E-state index contributed by atoms with van der Waals surface area (Å²) < 4.78 is 5.77. The van der Waals surface area contributed by atoms with Crippen LogP contribution in [0.2, 0.25) is 0 Å². The fourth-order valence-electron chi connectivity index (χ4n) is 3.78. The van der Waals surface area contributed by atoms with E-state index in [2.05, 4.69) is 24.1 Å². The van der Waals surface area contributed by atoms with Gasteiger partial charge in [0.15, 0.2) is 0 Å². The summed E-state index contributed by atoms with van der Waals surface area (Å²) in [5.41, 5.74) is 0. The molecule has 0 bridgehead atoms. The van der Waals surface area contributed by atoms with Crippen LogP contribution in [0.1, 0.15) is 52.4 Å². The molecule has 2 aliphatic rings. The number of nitrogens with one attached hydrogen (secondary N) is 1. The highest BCUT2D eigenvalue weighted by Gasteiger charge is 2.32. The maximum absolute atomic E-state index is 5.77. The highest BCUT2D eigenvalue weighted by atomic mass is 16.5. The first-order chi connectivity index (χ1) is 9.20. The zero-order valence-corrected chi connectivity index (χ0v) is 13.0. The molecule has 0 aromatic carbocycles. The van der Waals surface area contributed by atoms with Gasteiger partial charge in [0.25, 0.3) is 0 Å². The quantitative estimate of drug-likeness (QED) is 0.801. The molecule has 19 heavy (non-hydrogen) atoms. The summed E-state index contributed by atoms with van der Waals surface area (Å²) in [5, 5.41) is 3.65. The van der Waals surface area contributed by atoms with Crippen LogP contribution in [0.15, 0.2) is 0 Å². The van der Waals surface area contributed by atoms with Crippen LogP contribution in [0.25, 0.3) is 0 Å². The Morgan fingerprint density at radius 3 is 2.58 bits per heavy atom. The van der Waals surface area contributed by atoms with Gasteiger partial charge in [-0.25, -0.2) is 0 Å². The van der Waals surface area contributed by atoms with Gasteiger partial charge in [0.2, 0.25) is 0 Å². The lowest BCUT2D eigenvalue weighted by molar-refractivity contribution is -0.0172. The maximum Gasteiger partial charge on any atom is 0.0726 e. The highest BCUT2D eigenvalue weighted by molar-refractivity contribution is 4.88. The molecule has 3 nitrogen and oxygen atoms in total. The molecule has 0 amide bonds. The van der Waals surface area contributed by atoms with Gasteiger partial charge >= 0.3 is 0 Å². The van der Waals surface area contributed by atoms with Crippen molar-refractivity contribution in [1.82, 2.24) is 10.2 Å². The summed E-state index contributed by atoms with van der Waals surface area (Å²) in [5.74, 6) is 0.737. The summed E-state index contributed by atoms with van der Waals surface area (Å²) in [6, 6.07) is 1.35. The lowest BCUT2D eigenvalue weighted by Gasteiger charge is -2.41. The van der Waals surface area contributed by atoms with Crippen LogP contribution < -0.4 is 5.32 Å². The van der Waals surface area contributed by atoms with Crippen molar-refractivity contribution in [3.8, 4) is 0 Å². The molecule has 3 unspecified atom stereocenters. The molecule has 2 fully saturated rings. The smallest absolute Gasteiger partial charge is 0.0726 e. The van der Waals surface area contributed by atoms with E-state index in [0.717, 1.165) is 5.92 Å². The molecule has 0 aromatic rings. The first-order valence-electron chi connectivity index (χ1n) is 8.21. The zero-order chi connectivity index (χ0) is 13.7. The maximum atomic E-state index is 5.77. The van der Waals surface area contributed by atoms with Crippen LogP contribution in [0.3, 0.4) is 0 Å². The molecule has 1 N–H and O–H groups in total. The second-order valence-corrected chi connectivity index (χ2v) is 6.77. The third-order valence-corrected chi connectivity index (χ3v) is 4.66. The lowest BCUT2D eigenvalue weighted by Crippen LogP contribution is -2.51. The van der Waals surface area contributed by atoms with Crippen LogP contribution in [0.4, 0.5) is 0 Å². The summed E-state index contributed by atoms with van der Waals surface area (Å²) >= 11 is 0. The fourth-order valence-corrected chi connectivity index (χ4v) is 3.78. The Hall–Kier alpha value is -0.120. The minimum atomic E-state index is 0.453. The van der Waals surface area contributed by atoms with E-state index in [4.69, 9.17) is 4.74 Å². The van der Waals surface area contributed by atoms with Crippen molar-refractivity contribution in [3.63, 3.8) is 0 Å². The number of methoxy groups -OCH3 is 1. The molecule has 1 aliphatic carbocycles. The number of hydrogen-bond donors (Lipinski definition) is 1. The van der Waals surface area contributed by atoms with Crippen molar-refractivity contribution in [1.29, 1.82) is 0 Å². The van der Waals surface area contributed by atoms with Crippen LogP contribution in [0.5, 0.6) is 0 Å². The predicted octanol–water partition coefficient (Wildman–Crippen LogP) is 2.65. The Balaban J connectivity index is 1.97. The van der Waals surface area contributed by atoms with Crippen LogP contribution in [-0.4, -0.2) is 49.8 Å². The Kier molecular flexibility index (Phi) is 6.11. The van der Waals surface area contributed by atoms with Crippen molar-refractivity contribution in [2.24, 2.45) is 5.92 Å². The van der Waals surface area contributed by atoms with Crippen molar-refractivity contribution in [3.05, 3.63) is 0 Å². The molecule has 1 heterocycles. The summed E-state index contributed by atoms with van der Waals surface area (Å²) in [6.45, 7) is 8.30. The second-order valence-electron chi connectivity index (χ2n) is 6.77. The Morgan fingerprint density at radius 2 is 1.95 bits per heavy atom. The van der Waals surface area contributed by atoms with Crippen LogP contribution >= 0.6 is 0 Å². The van der Waals surface area contributed by atoms with E-state index in [1.807, 2.05) is 7.11 Å². The van der Waals surface area contributed by atoms with Gasteiger partial charge in [-0.1, -0.05) is 26.7 Å². The third-order valence-electron chi connectivity index (χ3n) is 4.66. The number of hydrogen-bond acceptors (Lipinski definition) is 3. The fraction of sp³-hybridized carbons (Fsp3) is 1.00. The van der Waals surface area contributed by atoms with Crippen molar-refractivity contribution >= 4 is 0 Å². The van der Waals surface area contributed by atoms with Gasteiger partial charge in [0.05, 0.1) is 6.10 Å². The monoisotopic (exact) mass is 268 g/mol. The standard InChI is InChI=1S/C16H32N2O/c1-13(2)11-18(12-14-7-6-10-17-14)15-8-4-5-9-16(15)19-3/h13-17H,4-12H2,1-3H3. The van der Waals surface area contributed by atoms with E-state index < -0.39 is 0 Å². The van der Waals surface area contributed by atoms with Gasteiger partial charge in [0.1, 0.15) is 0 Å². The normalized spacial score (nSPS) is 32.4. The van der Waals surface area contributed by atoms with Crippen molar-refractivity contribution in [2.75, 3.05) is 26.7 Å². The van der Waals surface area contributed by atoms with E-state index in [0.29, 0.717) is 18.2 Å². The third kappa shape index (κ3) is 4.44. The Bertz CT molecular complexity index is 251. The molecule has 1 aliphatic heterocycles. The molecule has 0 spiro atoms. The molecular formula is C16H32N2O. The van der Waals surface area contributed by atoms with Gasteiger partial charge in [0, 0.05) is 32.3 Å². The molecule has 0 radical (unpaired) electrons. The summed E-state index contributed by atoms with van der Waals surface area (Å²) in [6.07, 6.45) is 8.42. The predicted molar refractivity (Wildman–Crippen MR) is 80.5 cm³/mol. The van der Waals surface area contributed by atoms with Crippen molar-refractivity contribution < 1.29 is 4.74 Å². The van der Waals surface area contributed by atoms with Gasteiger partial charge in [-0.2, -0.15) is 0 Å². The van der Waals surface area contributed by atoms with Crippen LogP contribution in [-0.2, 0) is 4.74 Å². The molecule has 1 saturated heterocycles. The van der Waals surface area contributed by atoms with Gasteiger partial charge in [-0.15, -0.1) is 0 Å². The minimum Gasteiger partial charge on any atom is -0.380 e. The highest BCUT2D eigenvalue weighted by Crippen LogP contribution is 2.26. The molecule has 0 aromatic heterocycles. The van der Waals surface area contributed by atoms with Gasteiger partial charge in [-0.05, 0) is 38.1 Å². The molecule has 2 rings (SSSR count). The van der Waals surface area contributed by atoms with E-state index in [1.54, 1.807) is 0 Å². The average Bonchev–Trinajstić information content (AvgIpc) is 2.90. The average molecular weight is 268 g/mol. The van der Waals surface area contributed by atoms with Gasteiger partial charge < -0.3 is 10.1 Å². The zero-order valence-electron chi connectivity index (χ0n) is 13.0. The SMILES string of the molecule is COC1CCCCC1N(CC(C)C)CC1CCCN1. The molecule has 1 saturated carbocycles. The Labute approximate surface area is 119 Å². The Morgan fingerprint density at radius 1 is 1.16 bits per heavy atom. The van der Waals surface area contributed by atoms with E-state index in [9.17, 15) is 0 Å². The largest absolute Gasteiger partial charge is 0.380 e. The summed E-state index contributed by atoms with van der Waals surface area (Å²) in [7, 11) is 1.89. The van der Waals surface area contributed by atoms with Crippen LogP contribution in [0, 0.1) is 5.92 Å². The first kappa shape index (κ1) is 15.3. The first-order valence-corrected chi connectivity index (χ1v) is 8.21. The van der Waals surface area contributed by atoms with Gasteiger partial charge in [-0.3, -0.25) is 4.90 Å². The summed E-state index contributed by atoms with van der Waals surface area (Å²) in [4.78, 5) is 2.72. The number of nitrogens with zero attached hydrogens (tertiary/aromatic N) is 1. The lowest BCUT2D eigenvalue weighted by atomic mass is 9.90. The topological polar surface area (TPSA) is 24.5 Å². The number of rotatable bonds is 6. The molecular weight excluding hydrogens is 236 g/mol. The minimum absolute atomic E-state index is 0.453. The molecule has 3 atom stereocenters. The van der Waals surface area contributed by atoms with E-state index >= 15 is 0 Å². The molecule has 3 heteroatoms. The second kappa shape index (κ2) is 7.61. The van der Waals surface area contributed by atoms with Crippen molar-refractivity contribution in [2.45, 2.75) is 70.6 Å². The van der Waals surface area contributed by atoms with E-state index in [-0.39, 0.29) is 0 Å². The number of ether oxygens (including phenoxy) is 1.